The summed E-state index contributed by atoms with van der Waals surface area (Å²) < 4.78 is 1.89. The molecule has 1 aromatic carbocycles. The largest absolute Gasteiger partial charge is 0.302 e. The van der Waals surface area contributed by atoms with Gasteiger partial charge < -0.3 is 4.79 Å². The zero-order chi connectivity index (χ0) is 17.4. The second-order valence-corrected chi connectivity index (χ2v) is 7.89. The van der Waals surface area contributed by atoms with Crippen LogP contribution in [0.15, 0.2) is 42.6 Å². The number of hydrogen-bond acceptors (Lipinski definition) is 5. The molecule has 1 aliphatic heterocycles. The molecule has 0 radical (unpaired) electrons. The molecule has 2 unspecified atom stereocenters. The number of aldehydes is 1. The summed E-state index contributed by atoms with van der Waals surface area (Å²) in [5, 5.41) is 8.61. The Morgan fingerprint density at radius 3 is 2.56 bits per heavy atom. The van der Waals surface area contributed by atoms with Gasteiger partial charge in [-0.2, -0.15) is 0 Å². The van der Waals surface area contributed by atoms with Crippen LogP contribution in [-0.2, 0) is 4.79 Å². The Hall–Kier alpha value is -2.31. The van der Waals surface area contributed by atoms with Crippen LogP contribution in [0.4, 0.5) is 0 Å². The summed E-state index contributed by atoms with van der Waals surface area (Å²) >= 11 is 1.80. The summed E-state index contributed by atoms with van der Waals surface area (Å²) in [5.41, 5.74) is 3.15. The molecule has 3 heterocycles. The van der Waals surface area contributed by atoms with Gasteiger partial charge >= 0.3 is 0 Å². The number of benzene rings is 1. The summed E-state index contributed by atoms with van der Waals surface area (Å²) in [6, 6.07) is 12.9. The quantitative estimate of drug-likeness (QED) is 0.675. The molecule has 1 fully saturated rings. The number of aryl methyl sites for hydroxylation is 1. The number of likely N-dealkylation sites (N-methyl/N-ethyl adjacent to an activating group) is 1. The van der Waals surface area contributed by atoms with E-state index in [1.54, 1.807) is 11.3 Å². The number of likely N-dealkylation sites (tertiary alicyclic amines) is 1. The van der Waals surface area contributed by atoms with Gasteiger partial charge in [-0.1, -0.05) is 29.5 Å². The van der Waals surface area contributed by atoms with Crippen molar-refractivity contribution < 1.29 is 4.79 Å². The number of carbonyl (C=O) groups is 1. The van der Waals surface area contributed by atoms with Crippen molar-refractivity contribution in [2.45, 2.75) is 25.4 Å². The van der Waals surface area contributed by atoms with Crippen LogP contribution in [0.1, 0.15) is 17.3 Å². The van der Waals surface area contributed by atoms with Crippen molar-refractivity contribution >= 4 is 17.6 Å². The van der Waals surface area contributed by atoms with Crippen molar-refractivity contribution in [1.29, 1.82) is 0 Å². The lowest BCUT2D eigenvalue weighted by molar-refractivity contribution is -0.111. The molecule has 6 heteroatoms. The average molecular weight is 352 g/mol. The zero-order valence-electron chi connectivity index (χ0n) is 14.3. The van der Waals surface area contributed by atoms with Gasteiger partial charge in [-0.05, 0) is 38.1 Å². The van der Waals surface area contributed by atoms with Gasteiger partial charge in [0.15, 0.2) is 0 Å². The minimum absolute atomic E-state index is 0.0220. The van der Waals surface area contributed by atoms with E-state index in [-0.39, 0.29) is 12.1 Å². The summed E-state index contributed by atoms with van der Waals surface area (Å²) in [4.78, 5) is 15.7. The first-order chi connectivity index (χ1) is 12.1. The van der Waals surface area contributed by atoms with E-state index in [0.29, 0.717) is 0 Å². The van der Waals surface area contributed by atoms with E-state index in [4.69, 9.17) is 0 Å². The smallest absolute Gasteiger partial charge is 0.137 e. The highest BCUT2D eigenvalue weighted by Gasteiger charge is 2.31. The third kappa shape index (κ3) is 3.15. The van der Waals surface area contributed by atoms with E-state index < -0.39 is 0 Å². The molecule has 1 saturated heterocycles. The van der Waals surface area contributed by atoms with Gasteiger partial charge in [-0.25, -0.2) is 4.68 Å². The molecular formula is C19H20N4OS. The topological polar surface area (TPSA) is 51.0 Å². The fraction of sp³-hybridized carbons (Fsp3) is 0.316. The highest BCUT2D eigenvalue weighted by atomic mass is 32.1. The lowest BCUT2D eigenvalue weighted by atomic mass is 10.1. The van der Waals surface area contributed by atoms with Gasteiger partial charge in [0.2, 0.25) is 0 Å². The SMILES string of the molecule is Cc1ccc(-c2ccc(-c3cn(C4CC(C=O)N(C)C4)nn3)cc2)s1. The molecular weight excluding hydrogens is 332 g/mol. The maximum Gasteiger partial charge on any atom is 0.137 e. The summed E-state index contributed by atoms with van der Waals surface area (Å²) in [6.45, 7) is 2.94. The number of rotatable bonds is 4. The Labute approximate surface area is 150 Å². The Bertz CT molecular complexity index is 883. The van der Waals surface area contributed by atoms with Gasteiger partial charge in [0.05, 0.1) is 18.3 Å². The van der Waals surface area contributed by atoms with Crippen LogP contribution in [0.2, 0.25) is 0 Å². The van der Waals surface area contributed by atoms with Crippen LogP contribution in [0.5, 0.6) is 0 Å². The van der Waals surface area contributed by atoms with Crippen LogP contribution in [-0.4, -0.2) is 45.8 Å². The average Bonchev–Trinajstić information content (AvgIpc) is 3.34. The molecule has 2 atom stereocenters. The number of aromatic nitrogens is 3. The van der Waals surface area contributed by atoms with Gasteiger partial charge in [0.25, 0.3) is 0 Å². The fourth-order valence-electron chi connectivity index (χ4n) is 3.33. The van der Waals surface area contributed by atoms with Crippen LogP contribution >= 0.6 is 11.3 Å². The van der Waals surface area contributed by atoms with Crippen molar-refractivity contribution in [3.63, 3.8) is 0 Å². The molecule has 0 spiro atoms. The van der Waals surface area contributed by atoms with Crippen molar-refractivity contribution in [2.24, 2.45) is 0 Å². The van der Waals surface area contributed by atoms with Crippen molar-refractivity contribution in [1.82, 2.24) is 19.9 Å². The predicted octanol–water partition coefficient (Wildman–Crippen LogP) is 3.43. The van der Waals surface area contributed by atoms with Gasteiger partial charge in [-0.15, -0.1) is 16.4 Å². The van der Waals surface area contributed by atoms with Crippen LogP contribution in [0, 0.1) is 6.92 Å². The van der Waals surface area contributed by atoms with E-state index in [9.17, 15) is 4.79 Å². The van der Waals surface area contributed by atoms with Gasteiger partial charge in [0.1, 0.15) is 12.0 Å². The van der Waals surface area contributed by atoms with Crippen LogP contribution < -0.4 is 0 Å². The molecule has 128 valence electrons. The second-order valence-electron chi connectivity index (χ2n) is 6.60. The minimum Gasteiger partial charge on any atom is -0.302 e. The monoisotopic (exact) mass is 352 g/mol. The first-order valence-electron chi connectivity index (χ1n) is 8.38. The van der Waals surface area contributed by atoms with Crippen molar-refractivity contribution in [3.8, 4) is 21.7 Å². The minimum atomic E-state index is -0.0220. The molecule has 0 saturated carbocycles. The molecule has 5 nitrogen and oxygen atoms in total. The summed E-state index contributed by atoms with van der Waals surface area (Å²) in [7, 11) is 1.97. The maximum absolute atomic E-state index is 11.1. The third-order valence-corrected chi connectivity index (χ3v) is 5.88. The first kappa shape index (κ1) is 16.2. The Kier molecular flexibility index (Phi) is 4.23. The van der Waals surface area contributed by atoms with Gasteiger partial charge in [-0.3, -0.25) is 4.90 Å². The number of carbonyl (C=O) groups excluding carboxylic acids is 1. The third-order valence-electron chi connectivity index (χ3n) is 4.83. The first-order valence-corrected chi connectivity index (χ1v) is 9.20. The zero-order valence-corrected chi connectivity index (χ0v) is 15.1. The molecule has 0 amide bonds. The normalized spacial score (nSPS) is 20.9. The highest BCUT2D eigenvalue weighted by Crippen LogP contribution is 2.30. The van der Waals surface area contributed by atoms with E-state index in [0.717, 1.165) is 30.5 Å². The van der Waals surface area contributed by atoms with Crippen molar-refractivity contribution in [3.05, 3.63) is 47.5 Å². The van der Waals surface area contributed by atoms with Crippen LogP contribution in [0.3, 0.4) is 0 Å². The molecule has 25 heavy (non-hydrogen) atoms. The Morgan fingerprint density at radius 2 is 1.92 bits per heavy atom. The fourth-order valence-corrected chi connectivity index (χ4v) is 4.21. The van der Waals surface area contributed by atoms with Crippen molar-refractivity contribution in [2.75, 3.05) is 13.6 Å². The predicted molar refractivity (Wildman–Crippen MR) is 99.6 cm³/mol. The molecule has 1 aliphatic rings. The standard InChI is InChI=1S/C19H20N4OS/c1-13-3-8-19(25-13)15-6-4-14(5-7-15)18-11-23(21-20-18)16-9-17(12-24)22(2)10-16/h3-8,11-12,16-17H,9-10H2,1-2H3. The molecule has 3 aromatic rings. The summed E-state index contributed by atoms with van der Waals surface area (Å²) in [6.07, 6.45) is 3.79. The highest BCUT2D eigenvalue weighted by molar-refractivity contribution is 7.15. The van der Waals surface area contributed by atoms with Gasteiger partial charge in [0, 0.05) is 21.9 Å². The lowest BCUT2D eigenvalue weighted by Gasteiger charge is -2.11. The maximum atomic E-state index is 11.1. The van der Waals surface area contributed by atoms with E-state index in [1.165, 1.54) is 15.3 Å². The van der Waals surface area contributed by atoms with E-state index >= 15 is 0 Å². The molecule has 2 aromatic heterocycles. The molecule has 0 bridgehead atoms. The lowest BCUT2D eigenvalue weighted by Crippen LogP contribution is -2.25. The van der Waals surface area contributed by atoms with E-state index in [1.807, 2.05) is 17.9 Å². The van der Waals surface area contributed by atoms with E-state index in [2.05, 4.69) is 58.5 Å². The number of nitrogens with zero attached hydrogens (tertiary/aromatic N) is 4. The van der Waals surface area contributed by atoms with Crippen LogP contribution in [0.25, 0.3) is 21.7 Å². The second kappa shape index (κ2) is 6.54. The molecule has 0 aliphatic carbocycles. The Morgan fingerprint density at radius 1 is 1.16 bits per heavy atom. The number of thiophene rings is 1. The number of hydrogen-bond donors (Lipinski definition) is 0. The summed E-state index contributed by atoms with van der Waals surface area (Å²) in [5.74, 6) is 0. The Balaban J connectivity index is 1.53. The molecule has 0 N–H and O–H groups in total. The molecule has 4 rings (SSSR count).